The monoisotopic (exact) mass is 375 g/mol. The van der Waals surface area contributed by atoms with E-state index in [9.17, 15) is 18.5 Å². The number of hydrogen-bond acceptors (Lipinski definition) is 5. The number of nitrogens with one attached hydrogen (secondary N) is 1. The van der Waals surface area contributed by atoms with Gasteiger partial charge in [-0.15, -0.1) is 0 Å². The maximum absolute atomic E-state index is 11.5. The number of hydrogen-bond donors (Lipinski definition) is 2. The van der Waals surface area contributed by atoms with E-state index in [0.717, 1.165) is 30.9 Å². The van der Waals surface area contributed by atoms with Gasteiger partial charge in [-0.05, 0) is 30.0 Å². The predicted octanol–water partition coefficient (Wildman–Crippen LogP) is 3.59. The van der Waals surface area contributed by atoms with Gasteiger partial charge < -0.3 is 5.32 Å². The molecule has 1 aliphatic carbocycles. The highest BCUT2D eigenvalue weighted by atomic mass is 32.2. The maximum atomic E-state index is 11.5. The van der Waals surface area contributed by atoms with E-state index in [2.05, 4.69) is 5.32 Å². The molecule has 0 saturated heterocycles. The number of anilines is 1. The average Bonchev–Trinajstić information content (AvgIpc) is 2.56. The van der Waals surface area contributed by atoms with Crippen LogP contribution in [0.25, 0.3) is 0 Å². The Morgan fingerprint density at radius 2 is 1.88 bits per heavy atom. The number of benzene rings is 2. The Labute approximate surface area is 152 Å². The molecule has 1 saturated carbocycles. The van der Waals surface area contributed by atoms with E-state index >= 15 is 0 Å². The lowest BCUT2D eigenvalue weighted by atomic mass is 9.79. The van der Waals surface area contributed by atoms with Gasteiger partial charge in [0.1, 0.15) is 5.69 Å². The molecule has 1 aliphatic rings. The molecule has 1 unspecified atom stereocenters. The first-order chi connectivity index (χ1) is 12.3. The van der Waals surface area contributed by atoms with Gasteiger partial charge in [-0.25, -0.2) is 13.6 Å². The van der Waals surface area contributed by atoms with Gasteiger partial charge in [0.2, 0.25) is 10.0 Å². The molecule has 138 valence electrons. The minimum absolute atomic E-state index is 0.0828. The van der Waals surface area contributed by atoms with E-state index < -0.39 is 14.9 Å². The van der Waals surface area contributed by atoms with Crippen molar-refractivity contribution >= 4 is 21.4 Å². The van der Waals surface area contributed by atoms with Gasteiger partial charge in [0.15, 0.2) is 0 Å². The van der Waals surface area contributed by atoms with Crippen molar-refractivity contribution in [3.63, 3.8) is 0 Å². The fourth-order valence-electron chi connectivity index (χ4n) is 3.17. The number of sulfonamides is 1. The third-order valence-corrected chi connectivity index (χ3v) is 5.73. The molecule has 8 heteroatoms. The van der Waals surface area contributed by atoms with Crippen LogP contribution in [-0.4, -0.2) is 13.3 Å². The Balaban J connectivity index is 1.93. The number of primary sulfonamides is 1. The molecule has 7 nitrogen and oxygen atoms in total. The van der Waals surface area contributed by atoms with Crippen molar-refractivity contribution in [2.75, 3.05) is 5.32 Å². The highest BCUT2D eigenvalue weighted by Crippen LogP contribution is 2.38. The third kappa shape index (κ3) is 4.20. The standard InChI is InChI=1S/C18H21N3O4S/c19-26(24,25)15-9-10-16(18(12-15)21(22)23)20-17(11-13-5-4-6-13)14-7-2-1-3-8-14/h1-3,7-10,12-13,17,20H,4-6,11H2,(H2,19,24,25). The first-order valence-corrected chi connectivity index (χ1v) is 10.0. The Morgan fingerprint density at radius 3 is 2.42 bits per heavy atom. The van der Waals surface area contributed by atoms with Crippen molar-refractivity contribution in [3.05, 3.63) is 64.2 Å². The van der Waals surface area contributed by atoms with Crippen LogP contribution in [0, 0.1) is 16.0 Å². The first kappa shape index (κ1) is 18.3. The van der Waals surface area contributed by atoms with Crippen molar-refractivity contribution < 1.29 is 13.3 Å². The van der Waals surface area contributed by atoms with Crippen molar-refractivity contribution in [2.24, 2.45) is 11.1 Å². The molecule has 26 heavy (non-hydrogen) atoms. The summed E-state index contributed by atoms with van der Waals surface area (Å²) in [7, 11) is -4.00. The summed E-state index contributed by atoms with van der Waals surface area (Å²) in [4.78, 5) is 10.6. The molecule has 1 atom stereocenters. The highest BCUT2D eigenvalue weighted by Gasteiger charge is 2.26. The summed E-state index contributed by atoms with van der Waals surface area (Å²) < 4.78 is 23.0. The normalized spacial score (nSPS) is 15.9. The zero-order valence-electron chi connectivity index (χ0n) is 14.2. The summed E-state index contributed by atoms with van der Waals surface area (Å²) in [6, 6.07) is 13.4. The molecule has 0 heterocycles. The second-order valence-electron chi connectivity index (χ2n) is 6.62. The van der Waals surface area contributed by atoms with Crippen LogP contribution in [-0.2, 0) is 10.0 Å². The SMILES string of the molecule is NS(=O)(=O)c1ccc(NC(CC2CCC2)c2ccccc2)c([N+](=O)[O-])c1. The molecule has 2 aromatic carbocycles. The minimum atomic E-state index is -4.00. The van der Waals surface area contributed by atoms with Gasteiger partial charge in [0, 0.05) is 6.07 Å². The zero-order chi connectivity index (χ0) is 18.7. The topological polar surface area (TPSA) is 115 Å². The summed E-state index contributed by atoms with van der Waals surface area (Å²) in [5, 5.41) is 19.8. The number of nitrogens with zero attached hydrogens (tertiary/aromatic N) is 1. The molecule has 0 bridgehead atoms. The van der Waals surface area contributed by atoms with Crippen molar-refractivity contribution in [1.82, 2.24) is 0 Å². The molecular formula is C18H21N3O4S. The van der Waals surface area contributed by atoms with Crippen LogP contribution in [0.2, 0.25) is 0 Å². The molecule has 3 rings (SSSR count). The second kappa shape index (κ2) is 7.43. The van der Waals surface area contributed by atoms with Crippen molar-refractivity contribution in [2.45, 2.75) is 36.6 Å². The van der Waals surface area contributed by atoms with Gasteiger partial charge in [0.25, 0.3) is 5.69 Å². The van der Waals surface area contributed by atoms with Gasteiger partial charge >= 0.3 is 0 Å². The summed E-state index contributed by atoms with van der Waals surface area (Å²) in [6.07, 6.45) is 4.42. The lowest BCUT2D eigenvalue weighted by Gasteiger charge is -2.31. The quantitative estimate of drug-likeness (QED) is 0.567. The van der Waals surface area contributed by atoms with Crippen molar-refractivity contribution in [3.8, 4) is 0 Å². The number of rotatable bonds is 7. The molecular weight excluding hydrogens is 354 g/mol. The average molecular weight is 375 g/mol. The molecule has 0 spiro atoms. The lowest BCUT2D eigenvalue weighted by Crippen LogP contribution is -2.20. The van der Waals surface area contributed by atoms with E-state index in [1.165, 1.54) is 18.6 Å². The maximum Gasteiger partial charge on any atom is 0.293 e. The van der Waals surface area contributed by atoms with Crippen molar-refractivity contribution in [1.29, 1.82) is 0 Å². The van der Waals surface area contributed by atoms with Crippen LogP contribution >= 0.6 is 0 Å². The van der Waals surface area contributed by atoms with E-state index in [-0.39, 0.29) is 22.3 Å². The van der Waals surface area contributed by atoms with Crippen LogP contribution in [0.5, 0.6) is 0 Å². The summed E-state index contributed by atoms with van der Waals surface area (Å²) in [6.45, 7) is 0. The Kier molecular flexibility index (Phi) is 5.24. The van der Waals surface area contributed by atoms with E-state index in [1.807, 2.05) is 30.3 Å². The molecule has 1 fully saturated rings. The zero-order valence-corrected chi connectivity index (χ0v) is 15.0. The number of nitro groups is 1. The molecule has 0 amide bonds. The van der Waals surface area contributed by atoms with Crippen LogP contribution in [0.4, 0.5) is 11.4 Å². The molecule has 0 aromatic heterocycles. The lowest BCUT2D eigenvalue weighted by molar-refractivity contribution is -0.384. The van der Waals surface area contributed by atoms with Crippen LogP contribution in [0.15, 0.2) is 53.4 Å². The van der Waals surface area contributed by atoms with Crippen LogP contribution in [0.3, 0.4) is 0 Å². The largest absolute Gasteiger partial charge is 0.373 e. The summed E-state index contributed by atoms with van der Waals surface area (Å²) >= 11 is 0. The fourth-order valence-corrected chi connectivity index (χ4v) is 3.71. The minimum Gasteiger partial charge on any atom is -0.373 e. The molecule has 2 aromatic rings. The van der Waals surface area contributed by atoms with E-state index in [4.69, 9.17) is 5.14 Å². The highest BCUT2D eigenvalue weighted by molar-refractivity contribution is 7.89. The summed E-state index contributed by atoms with van der Waals surface area (Å²) in [5.74, 6) is 0.593. The Hall–Kier alpha value is -2.45. The van der Waals surface area contributed by atoms with E-state index in [1.54, 1.807) is 0 Å². The summed E-state index contributed by atoms with van der Waals surface area (Å²) in [5.41, 5.74) is 1.03. The number of nitrogens with two attached hydrogens (primary N) is 1. The van der Waals surface area contributed by atoms with Gasteiger partial charge in [-0.1, -0.05) is 49.6 Å². The van der Waals surface area contributed by atoms with Gasteiger partial charge in [-0.3, -0.25) is 10.1 Å². The van der Waals surface area contributed by atoms with Crippen LogP contribution < -0.4 is 10.5 Å². The first-order valence-electron chi connectivity index (χ1n) is 8.47. The number of nitro benzene ring substituents is 1. The van der Waals surface area contributed by atoms with Gasteiger partial charge in [-0.2, -0.15) is 0 Å². The predicted molar refractivity (Wildman–Crippen MR) is 99.2 cm³/mol. The Bertz CT molecular complexity index is 896. The van der Waals surface area contributed by atoms with Crippen LogP contribution in [0.1, 0.15) is 37.3 Å². The van der Waals surface area contributed by atoms with Gasteiger partial charge in [0.05, 0.1) is 15.9 Å². The smallest absolute Gasteiger partial charge is 0.293 e. The third-order valence-electron chi connectivity index (χ3n) is 4.82. The molecule has 3 N–H and O–H groups in total. The fraction of sp³-hybridized carbons (Fsp3) is 0.333. The van der Waals surface area contributed by atoms with E-state index in [0.29, 0.717) is 5.92 Å². The Morgan fingerprint density at radius 1 is 1.19 bits per heavy atom. The molecule has 0 radical (unpaired) electrons. The second-order valence-corrected chi connectivity index (χ2v) is 8.18. The molecule has 0 aliphatic heterocycles.